The van der Waals surface area contributed by atoms with Crippen LogP contribution in [0.5, 0.6) is 0 Å². The minimum Gasteiger partial charge on any atom is -0.495 e. The van der Waals surface area contributed by atoms with Crippen LogP contribution in [0.15, 0.2) is 24.0 Å². The van der Waals surface area contributed by atoms with E-state index < -0.39 is 17.4 Å². The monoisotopic (exact) mass is 268 g/mol. The Kier molecular flexibility index (Phi) is 5.15. The van der Waals surface area contributed by atoms with Gasteiger partial charge < -0.3 is 14.2 Å². The maximum absolute atomic E-state index is 12.0. The normalized spacial score (nSPS) is 21.8. The Morgan fingerprint density at radius 2 is 2.00 bits per heavy atom. The summed E-state index contributed by atoms with van der Waals surface area (Å²) < 4.78 is 15.0. The second kappa shape index (κ2) is 6.41. The third-order valence-corrected chi connectivity index (χ3v) is 2.77. The van der Waals surface area contributed by atoms with Crippen LogP contribution in [0.3, 0.4) is 0 Å². The fraction of sp³-hybridized carbons (Fsp3) is 0.571. The zero-order valence-corrected chi connectivity index (χ0v) is 11.8. The molecule has 0 aromatic rings. The van der Waals surface area contributed by atoms with Crippen molar-refractivity contribution in [3.05, 3.63) is 24.0 Å². The van der Waals surface area contributed by atoms with Crippen molar-refractivity contribution >= 4 is 11.9 Å². The van der Waals surface area contributed by atoms with Gasteiger partial charge in [-0.3, -0.25) is 9.59 Å². The van der Waals surface area contributed by atoms with E-state index in [4.69, 9.17) is 9.47 Å². The average Bonchev–Trinajstić information content (AvgIpc) is 2.37. The molecule has 0 aromatic carbocycles. The molecule has 106 valence electrons. The Labute approximate surface area is 113 Å². The van der Waals surface area contributed by atoms with Gasteiger partial charge in [0.2, 0.25) is 0 Å². The molecule has 1 aliphatic carbocycles. The fourth-order valence-electron chi connectivity index (χ4n) is 1.97. The van der Waals surface area contributed by atoms with Crippen LogP contribution in [-0.2, 0) is 23.8 Å². The van der Waals surface area contributed by atoms with Crippen LogP contribution in [-0.4, -0.2) is 32.3 Å². The summed E-state index contributed by atoms with van der Waals surface area (Å²) in [4.78, 5) is 23.5. The molecule has 1 aliphatic rings. The van der Waals surface area contributed by atoms with Gasteiger partial charge in [-0.15, -0.1) is 0 Å². The highest BCUT2D eigenvalue weighted by Gasteiger charge is 2.40. The Bertz CT molecular complexity index is 408. The minimum atomic E-state index is -1.13. The molecule has 0 aromatic heterocycles. The third kappa shape index (κ3) is 3.84. The summed E-state index contributed by atoms with van der Waals surface area (Å²) >= 11 is 0. The predicted molar refractivity (Wildman–Crippen MR) is 69.1 cm³/mol. The van der Waals surface area contributed by atoms with Gasteiger partial charge in [-0.2, -0.15) is 0 Å². The highest BCUT2D eigenvalue weighted by Crippen LogP contribution is 2.34. The Hall–Kier alpha value is -1.78. The topological polar surface area (TPSA) is 61.8 Å². The molecule has 1 atom stereocenters. The molecule has 5 nitrogen and oxygen atoms in total. The summed E-state index contributed by atoms with van der Waals surface area (Å²) in [7, 11) is 2.58. The maximum atomic E-state index is 12.0. The maximum Gasteiger partial charge on any atom is 0.320 e. The molecular weight excluding hydrogens is 248 g/mol. The van der Waals surface area contributed by atoms with Crippen LogP contribution in [0.2, 0.25) is 0 Å². The number of methoxy groups -OCH3 is 2. The molecule has 19 heavy (non-hydrogen) atoms. The van der Waals surface area contributed by atoms with E-state index in [2.05, 4.69) is 4.74 Å². The van der Waals surface area contributed by atoms with Crippen LogP contribution in [0.1, 0.15) is 26.7 Å². The van der Waals surface area contributed by atoms with E-state index in [0.29, 0.717) is 12.2 Å². The number of carbonyl (C=O) groups is 2. The quantitative estimate of drug-likeness (QED) is 0.563. The van der Waals surface area contributed by atoms with E-state index in [-0.39, 0.29) is 12.5 Å². The van der Waals surface area contributed by atoms with Gasteiger partial charge in [0.25, 0.3) is 0 Å². The summed E-state index contributed by atoms with van der Waals surface area (Å²) in [6.07, 6.45) is 5.62. The minimum absolute atomic E-state index is 0.00576. The highest BCUT2D eigenvalue weighted by atomic mass is 16.5. The number of esters is 2. The van der Waals surface area contributed by atoms with Crippen molar-refractivity contribution < 1.29 is 23.8 Å². The first-order chi connectivity index (χ1) is 8.93. The molecule has 5 heteroatoms. The van der Waals surface area contributed by atoms with Crippen LogP contribution >= 0.6 is 0 Å². The summed E-state index contributed by atoms with van der Waals surface area (Å²) in [6, 6.07) is 0. The molecule has 0 amide bonds. The molecule has 0 aliphatic heterocycles. The van der Waals surface area contributed by atoms with Crippen molar-refractivity contribution in [2.24, 2.45) is 5.41 Å². The van der Waals surface area contributed by atoms with Gasteiger partial charge in [-0.25, -0.2) is 0 Å². The summed E-state index contributed by atoms with van der Waals surface area (Å²) in [5.74, 6) is -0.317. The zero-order valence-electron chi connectivity index (χ0n) is 11.8. The smallest absolute Gasteiger partial charge is 0.320 e. The lowest BCUT2D eigenvalue weighted by molar-refractivity contribution is -0.154. The van der Waals surface area contributed by atoms with E-state index in [9.17, 15) is 9.59 Å². The molecule has 1 rings (SSSR count). The van der Waals surface area contributed by atoms with Crippen molar-refractivity contribution in [1.82, 2.24) is 0 Å². The molecule has 1 unspecified atom stereocenters. The Balaban J connectivity index is 3.05. The van der Waals surface area contributed by atoms with Gasteiger partial charge in [0.1, 0.15) is 5.41 Å². The van der Waals surface area contributed by atoms with Crippen molar-refractivity contribution in [2.45, 2.75) is 32.8 Å². The van der Waals surface area contributed by atoms with Gasteiger partial charge >= 0.3 is 11.9 Å². The van der Waals surface area contributed by atoms with Gasteiger partial charge in [-0.05, 0) is 19.9 Å². The van der Waals surface area contributed by atoms with E-state index in [1.165, 1.54) is 14.2 Å². The summed E-state index contributed by atoms with van der Waals surface area (Å²) in [6.45, 7) is 3.80. The number of carbonyl (C=O) groups excluding carboxylic acids is 2. The van der Waals surface area contributed by atoms with Gasteiger partial charge in [0.05, 0.1) is 32.5 Å². The lowest BCUT2D eigenvalue weighted by atomic mass is 9.80. The molecule has 0 saturated heterocycles. The van der Waals surface area contributed by atoms with Crippen molar-refractivity contribution in [2.75, 3.05) is 14.2 Å². The first-order valence-corrected chi connectivity index (χ1v) is 6.15. The highest BCUT2D eigenvalue weighted by molar-refractivity contribution is 5.87. The predicted octanol–water partition coefficient (Wildman–Crippen LogP) is 1.98. The third-order valence-electron chi connectivity index (χ3n) is 2.77. The molecule has 0 fully saturated rings. The zero-order chi connectivity index (χ0) is 14.5. The average molecular weight is 268 g/mol. The first kappa shape index (κ1) is 15.3. The Morgan fingerprint density at radius 1 is 1.32 bits per heavy atom. The van der Waals surface area contributed by atoms with Crippen LogP contribution in [0, 0.1) is 5.41 Å². The van der Waals surface area contributed by atoms with Gasteiger partial charge in [0.15, 0.2) is 0 Å². The number of hydrogen-bond donors (Lipinski definition) is 0. The lowest BCUT2D eigenvalue weighted by Crippen LogP contribution is -2.33. The molecule has 0 bridgehead atoms. The van der Waals surface area contributed by atoms with Crippen LogP contribution in [0.25, 0.3) is 0 Å². The number of allylic oxidation sites excluding steroid dienone is 1. The summed E-state index contributed by atoms with van der Waals surface area (Å²) in [5.41, 5.74) is -1.13. The number of ether oxygens (including phenoxy) is 3. The van der Waals surface area contributed by atoms with E-state index in [0.717, 1.165) is 0 Å². The fourth-order valence-corrected chi connectivity index (χ4v) is 1.97. The number of hydrogen-bond acceptors (Lipinski definition) is 5. The largest absolute Gasteiger partial charge is 0.495 e. The van der Waals surface area contributed by atoms with E-state index in [1.54, 1.807) is 18.2 Å². The lowest BCUT2D eigenvalue weighted by Gasteiger charge is -2.28. The first-order valence-electron chi connectivity index (χ1n) is 6.15. The van der Waals surface area contributed by atoms with Crippen molar-refractivity contribution in [3.8, 4) is 0 Å². The van der Waals surface area contributed by atoms with Crippen LogP contribution in [0.4, 0.5) is 0 Å². The van der Waals surface area contributed by atoms with Gasteiger partial charge in [0, 0.05) is 6.42 Å². The van der Waals surface area contributed by atoms with Gasteiger partial charge in [-0.1, -0.05) is 12.2 Å². The summed E-state index contributed by atoms with van der Waals surface area (Å²) in [5, 5.41) is 0. The second-order valence-electron chi connectivity index (χ2n) is 4.67. The number of rotatable bonds is 5. The molecule has 0 spiro atoms. The second-order valence-corrected chi connectivity index (χ2v) is 4.67. The SMILES string of the molecule is COC(=O)CC1(C(=O)OC)C=CCC(OC(C)C)=C1. The van der Waals surface area contributed by atoms with Crippen molar-refractivity contribution in [1.29, 1.82) is 0 Å². The molecule has 0 heterocycles. The Morgan fingerprint density at radius 3 is 2.53 bits per heavy atom. The van der Waals surface area contributed by atoms with Crippen molar-refractivity contribution in [3.63, 3.8) is 0 Å². The molecular formula is C14H20O5. The standard InChI is InChI=1S/C14H20O5/c1-10(2)19-11-6-5-7-14(8-11,13(16)18-4)9-12(15)17-3/h5,7-8,10H,6,9H2,1-4H3. The molecule has 0 saturated carbocycles. The molecule has 0 N–H and O–H groups in total. The van der Waals surface area contributed by atoms with Crippen LogP contribution < -0.4 is 0 Å². The van der Waals surface area contributed by atoms with E-state index >= 15 is 0 Å². The molecule has 0 radical (unpaired) electrons. The van der Waals surface area contributed by atoms with E-state index in [1.807, 2.05) is 13.8 Å².